The fourth-order valence-corrected chi connectivity index (χ4v) is 11.2. The molecule has 5 fully saturated rings. The van der Waals surface area contributed by atoms with Gasteiger partial charge < -0.3 is 108 Å². The van der Waals surface area contributed by atoms with Gasteiger partial charge in [-0.05, 0) is 78.0 Å². The molecule has 5 aliphatic heterocycles. The Labute approximate surface area is 444 Å². The maximum Gasteiger partial charge on any atom is 0.325 e. The molecule has 1 amide bonds. The van der Waals surface area contributed by atoms with Crippen molar-refractivity contribution in [2.24, 2.45) is 5.92 Å². The number of phenolic OH excluding ortho intramolecular Hbond substituents is 2. The number of ether oxygens (including phenoxy) is 12. The first-order chi connectivity index (χ1) is 36.3. The maximum absolute atomic E-state index is 15.0. The number of rotatable bonds is 15. The monoisotopic (exact) mass is 1100 g/mol. The molecule has 0 saturated carbocycles. The molecule has 2 aromatic carbocycles. The largest absolute Gasteiger partial charge is 0.507 e. The van der Waals surface area contributed by atoms with Crippen molar-refractivity contribution in [1.82, 2.24) is 5.32 Å². The highest BCUT2D eigenvalue weighted by Crippen LogP contribution is 2.47. The van der Waals surface area contributed by atoms with Crippen molar-refractivity contribution < 1.29 is 117 Å². The first-order valence-corrected chi connectivity index (χ1v) is 26.1. The predicted octanol–water partition coefficient (Wildman–Crippen LogP) is -0.271. The SMILES string of the molecule is COC(=O)CNC(=O)[C@@H](OC)[C@@H]1Cc2cc3cc(O[C@H]4C[C@@H](O[C@H]5C[C@@H](O)[C@H](O)[C@@H](C)O5)[C@H](O)[C@@H](C)O4)c(C)c(O)c3c(O)c2C(=O)[C@H]1O[C@H]1C[C@@H](O[C@H]2C[C@@H](O[C@H]3C[C@](C)(O)[C@H](O)[C@@H](C)O3)[C@@H](O)[C@@H](C)O2)[C@H](O)[C@@H](C)O1. The zero-order valence-electron chi connectivity index (χ0n) is 44.5. The van der Waals surface area contributed by atoms with Crippen LogP contribution in [0.3, 0.4) is 0 Å². The Morgan fingerprint density at radius 2 is 1.21 bits per heavy atom. The standard InChI is InChI=1S/C52H75NO24/c1-19-29(73-35-14-30(43(58)21(3)69-35)74-34-13-28(54)42(57)20(2)68-34)12-26-10-25-11-27(49(67-9)51(64)53-18-33(55)66-8)48(47(62)40(25)46(61)39(26)41(19)56)77-37-16-31(44(59)23(5)71-37)75-36-15-32(45(60)22(4)70-36)76-38-17-52(7,65)50(63)24(6)72-38/h10,12,20-24,27-28,30-32,34-38,42-45,48-50,54,56-61,63,65H,11,13-18H2,1-9H3,(H,53,64)/t20-,21-,22-,23-,24-,27-,28-,30-,31-,32-,34+,35+,36+,37+,38+,42-,43-,44-,45+,48+,49+,50-,52+/m1/s1. The normalized spacial score (nSPS) is 41.1. The molecule has 77 heavy (non-hydrogen) atoms. The van der Waals surface area contributed by atoms with Crippen LogP contribution in [0.5, 0.6) is 17.2 Å². The lowest BCUT2D eigenvalue weighted by molar-refractivity contribution is -0.334. The Hall–Kier alpha value is -3.97. The lowest BCUT2D eigenvalue weighted by Gasteiger charge is -2.46. The fraction of sp³-hybridized carbons (Fsp3) is 0.750. The summed E-state index contributed by atoms with van der Waals surface area (Å²) in [6, 6.07) is 3.07. The average molecular weight is 1100 g/mol. The van der Waals surface area contributed by atoms with E-state index < -0.39 is 176 Å². The molecule has 0 bridgehead atoms. The fourth-order valence-electron chi connectivity index (χ4n) is 11.2. The van der Waals surface area contributed by atoms with E-state index in [1.807, 2.05) is 0 Å². The van der Waals surface area contributed by atoms with Crippen LogP contribution in [0.1, 0.15) is 95.1 Å². The van der Waals surface area contributed by atoms with Gasteiger partial charge in [0.05, 0.1) is 78.6 Å². The van der Waals surface area contributed by atoms with E-state index in [1.165, 1.54) is 27.0 Å². The average Bonchev–Trinajstić information content (AvgIpc) is 3.45. The number of Topliss-reactive ketones (excluding diaryl/α,β-unsaturated/α-hetero) is 1. The summed E-state index contributed by atoms with van der Waals surface area (Å²) in [6.07, 6.45) is -23.1. The van der Waals surface area contributed by atoms with Crippen LogP contribution in [0, 0.1) is 12.8 Å². The highest BCUT2D eigenvalue weighted by molar-refractivity contribution is 6.11. The van der Waals surface area contributed by atoms with E-state index in [1.54, 1.807) is 40.7 Å². The highest BCUT2D eigenvalue weighted by Gasteiger charge is 2.51. The minimum absolute atomic E-state index is 0.0308. The van der Waals surface area contributed by atoms with Crippen molar-refractivity contribution >= 4 is 28.4 Å². The van der Waals surface area contributed by atoms with Crippen molar-refractivity contribution in [3.05, 3.63) is 28.8 Å². The predicted molar refractivity (Wildman–Crippen MR) is 261 cm³/mol. The summed E-state index contributed by atoms with van der Waals surface area (Å²) in [5.74, 6) is -4.52. The van der Waals surface area contributed by atoms with Crippen LogP contribution >= 0.6 is 0 Å². The maximum atomic E-state index is 15.0. The van der Waals surface area contributed by atoms with E-state index >= 15 is 4.79 Å². The van der Waals surface area contributed by atoms with Crippen LogP contribution in [0.25, 0.3) is 10.8 Å². The Morgan fingerprint density at radius 3 is 1.75 bits per heavy atom. The first kappa shape index (κ1) is 59.2. The van der Waals surface area contributed by atoms with Gasteiger partial charge in [0.2, 0.25) is 12.2 Å². The molecule has 25 heteroatoms. The Bertz CT molecular complexity index is 2410. The third-order valence-electron chi connectivity index (χ3n) is 15.7. The summed E-state index contributed by atoms with van der Waals surface area (Å²) >= 11 is 0. The van der Waals surface area contributed by atoms with Crippen LogP contribution in [0.4, 0.5) is 0 Å². The summed E-state index contributed by atoms with van der Waals surface area (Å²) in [7, 11) is 2.37. The number of carbonyl (C=O) groups excluding carboxylic acids is 3. The van der Waals surface area contributed by atoms with Gasteiger partial charge in [0.15, 0.2) is 30.9 Å². The third kappa shape index (κ3) is 12.5. The first-order valence-electron chi connectivity index (χ1n) is 26.1. The smallest absolute Gasteiger partial charge is 0.325 e. The molecule has 25 nitrogen and oxygen atoms in total. The number of hydrogen-bond acceptors (Lipinski definition) is 24. The third-order valence-corrected chi connectivity index (χ3v) is 15.7. The second-order valence-corrected chi connectivity index (χ2v) is 21.4. The number of hydrogen-bond donors (Lipinski definition) is 10. The molecular weight excluding hydrogens is 1020 g/mol. The number of esters is 1. The van der Waals surface area contributed by atoms with Crippen LogP contribution in [-0.2, 0) is 68.1 Å². The van der Waals surface area contributed by atoms with Crippen molar-refractivity contribution in [3.8, 4) is 17.2 Å². The number of fused-ring (bicyclic) bond motifs is 2. The molecule has 0 aromatic heterocycles. The molecule has 6 aliphatic rings. The zero-order valence-corrected chi connectivity index (χ0v) is 44.5. The molecule has 0 unspecified atom stereocenters. The molecule has 5 saturated heterocycles. The van der Waals surface area contributed by atoms with E-state index in [0.29, 0.717) is 0 Å². The van der Waals surface area contributed by atoms with Gasteiger partial charge in [0.25, 0.3) is 0 Å². The molecule has 5 heterocycles. The molecule has 23 atom stereocenters. The van der Waals surface area contributed by atoms with E-state index in [-0.39, 0.29) is 71.7 Å². The van der Waals surface area contributed by atoms with Crippen LogP contribution < -0.4 is 10.1 Å². The number of aliphatic hydroxyl groups excluding tert-OH is 6. The second-order valence-electron chi connectivity index (χ2n) is 21.4. The topological polar surface area (TPSA) is 356 Å². The molecule has 0 radical (unpaired) electrons. The van der Waals surface area contributed by atoms with Crippen LogP contribution in [0.2, 0.25) is 0 Å². The molecule has 1 aliphatic carbocycles. The van der Waals surface area contributed by atoms with Gasteiger partial charge in [-0.2, -0.15) is 0 Å². The number of benzene rings is 2. The molecule has 432 valence electrons. The van der Waals surface area contributed by atoms with Crippen molar-refractivity contribution in [3.63, 3.8) is 0 Å². The van der Waals surface area contributed by atoms with Crippen molar-refractivity contribution in [1.29, 1.82) is 0 Å². The number of amides is 1. The number of methoxy groups -OCH3 is 2. The van der Waals surface area contributed by atoms with E-state index in [9.17, 15) is 55.5 Å². The van der Waals surface area contributed by atoms with Crippen LogP contribution in [-0.4, -0.2) is 219 Å². The van der Waals surface area contributed by atoms with Gasteiger partial charge in [0, 0.05) is 50.7 Å². The molecular formula is C52H75NO24. The Balaban J connectivity index is 1.04. The van der Waals surface area contributed by atoms with Gasteiger partial charge in [-0.3, -0.25) is 14.4 Å². The number of aliphatic hydroxyl groups is 7. The number of carbonyl (C=O) groups is 3. The van der Waals surface area contributed by atoms with E-state index in [2.05, 4.69) is 5.32 Å². The molecule has 0 spiro atoms. The summed E-state index contributed by atoms with van der Waals surface area (Å²) in [5, 5.41) is 102. The van der Waals surface area contributed by atoms with Crippen molar-refractivity contribution in [2.75, 3.05) is 20.8 Å². The zero-order chi connectivity index (χ0) is 56.1. The highest BCUT2D eigenvalue weighted by atomic mass is 16.7. The van der Waals surface area contributed by atoms with Crippen molar-refractivity contribution in [2.45, 2.75) is 222 Å². The van der Waals surface area contributed by atoms with Gasteiger partial charge in [-0.1, -0.05) is 0 Å². The summed E-state index contributed by atoms with van der Waals surface area (Å²) in [5.41, 5.74) is -1.40. The van der Waals surface area contributed by atoms with E-state index in [0.717, 1.165) is 7.11 Å². The number of phenols is 2. The second kappa shape index (κ2) is 24.0. The minimum Gasteiger partial charge on any atom is -0.507 e. The van der Waals surface area contributed by atoms with Gasteiger partial charge in [0.1, 0.15) is 66.5 Å². The van der Waals surface area contributed by atoms with Gasteiger partial charge in [-0.15, -0.1) is 0 Å². The van der Waals surface area contributed by atoms with Gasteiger partial charge >= 0.3 is 5.97 Å². The lowest BCUT2D eigenvalue weighted by atomic mass is 9.76. The molecule has 2 aromatic rings. The number of ketones is 1. The minimum atomic E-state index is -1.61. The number of aromatic hydroxyl groups is 2. The van der Waals surface area contributed by atoms with Crippen LogP contribution in [0.15, 0.2) is 12.1 Å². The summed E-state index contributed by atoms with van der Waals surface area (Å²) in [6.45, 7) is 10.4. The van der Waals surface area contributed by atoms with E-state index in [4.69, 9.17) is 56.8 Å². The number of nitrogens with one attached hydrogen (secondary N) is 1. The lowest BCUT2D eigenvalue weighted by Crippen LogP contribution is -2.58. The molecule has 10 N–H and O–H groups in total. The quantitative estimate of drug-likeness (QED) is 0.103. The Morgan fingerprint density at radius 1 is 0.701 bits per heavy atom. The molecule has 8 rings (SSSR count). The van der Waals surface area contributed by atoms with Gasteiger partial charge in [-0.25, -0.2) is 0 Å². The Kier molecular flexibility index (Phi) is 18.4. The summed E-state index contributed by atoms with van der Waals surface area (Å²) in [4.78, 5) is 41.0. The summed E-state index contributed by atoms with van der Waals surface area (Å²) < 4.78 is 71.4.